The Hall–Kier alpha value is -1.35. The van der Waals surface area contributed by atoms with E-state index in [1.165, 1.54) is 13.8 Å². The van der Waals surface area contributed by atoms with Crippen molar-refractivity contribution in [2.75, 3.05) is 13.2 Å². The second-order valence-electron chi connectivity index (χ2n) is 2.91. The van der Waals surface area contributed by atoms with Crippen LogP contribution in [0.2, 0.25) is 0 Å². The minimum Gasteiger partial charge on any atom is -0.481 e. The SMILES string of the molecule is CCOC(=O)NS(=O)(=O)NCC(C)C(=O)O. The molecule has 1 atom stereocenters. The van der Waals surface area contributed by atoms with Gasteiger partial charge in [0.2, 0.25) is 0 Å². The summed E-state index contributed by atoms with van der Waals surface area (Å²) in [6.45, 7) is 2.57. The van der Waals surface area contributed by atoms with Gasteiger partial charge in [-0.3, -0.25) is 4.79 Å². The van der Waals surface area contributed by atoms with Gasteiger partial charge in [-0.05, 0) is 6.92 Å². The monoisotopic (exact) mass is 254 g/mol. The molecule has 0 aromatic carbocycles. The summed E-state index contributed by atoms with van der Waals surface area (Å²) in [7, 11) is -4.07. The third kappa shape index (κ3) is 6.19. The van der Waals surface area contributed by atoms with Crippen molar-refractivity contribution >= 4 is 22.3 Å². The van der Waals surface area contributed by atoms with Crippen molar-refractivity contribution in [1.82, 2.24) is 9.44 Å². The summed E-state index contributed by atoms with van der Waals surface area (Å²) in [5, 5.41) is 8.50. The van der Waals surface area contributed by atoms with Gasteiger partial charge in [-0.2, -0.15) is 13.1 Å². The van der Waals surface area contributed by atoms with Crippen molar-refractivity contribution in [2.45, 2.75) is 13.8 Å². The quantitative estimate of drug-likeness (QED) is 0.575. The van der Waals surface area contributed by atoms with Crippen LogP contribution < -0.4 is 9.44 Å². The lowest BCUT2D eigenvalue weighted by Crippen LogP contribution is -2.42. The summed E-state index contributed by atoms with van der Waals surface area (Å²) < 4.78 is 30.1. The number of aliphatic carboxylic acids is 1. The Bertz CT molecular complexity index is 352. The first kappa shape index (κ1) is 14.6. The standard InChI is InChI=1S/C7H14N2O6S/c1-3-15-7(12)9-16(13,14)8-4-5(2)6(10)11/h5,8H,3-4H2,1-2H3,(H,9,12)(H,10,11). The molecule has 0 aliphatic carbocycles. The molecule has 0 saturated carbocycles. The minimum atomic E-state index is -4.07. The molecule has 0 rings (SSSR count). The van der Waals surface area contributed by atoms with Gasteiger partial charge in [0.15, 0.2) is 0 Å². The van der Waals surface area contributed by atoms with Gasteiger partial charge < -0.3 is 9.84 Å². The van der Waals surface area contributed by atoms with Crippen LogP contribution in [0.3, 0.4) is 0 Å². The van der Waals surface area contributed by atoms with Crippen LogP contribution >= 0.6 is 0 Å². The largest absolute Gasteiger partial charge is 0.481 e. The van der Waals surface area contributed by atoms with Crippen LogP contribution in [0.25, 0.3) is 0 Å². The average molecular weight is 254 g/mol. The van der Waals surface area contributed by atoms with Crippen LogP contribution in [-0.2, 0) is 19.7 Å². The molecule has 1 unspecified atom stereocenters. The molecule has 0 spiro atoms. The van der Waals surface area contributed by atoms with E-state index in [0.29, 0.717) is 0 Å². The van der Waals surface area contributed by atoms with E-state index in [1.54, 1.807) is 4.72 Å². The van der Waals surface area contributed by atoms with E-state index in [-0.39, 0.29) is 13.2 Å². The van der Waals surface area contributed by atoms with Crippen molar-refractivity contribution in [3.8, 4) is 0 Å². The number of carboxylic acid groups (broad SMARTS) is 1. The Morgan fingerprint density at radius 3 is 2.44 bits per heavy atom. The Balaban J connectivity index is 4.16. The van der Waals surface area contributed by atoms with E-state index in [9.17, 15) is 18.0 Å². The number of carbonyl (C=O) groups excluding carboxylic acids is 1. The first-order chi connectivity index (χ1) is 7.28. The fraction of sp³-hybridized carbons (Fsp3) is 0.714. The Morgan fingerprint density at radius 2 is 2.00 bits per heavy atom. The second-order valence-corrected chi connectivity index (χ2v) is 4.41. The van der Waals surface area contributed by atoms with Gasteiger partial charge in [0.1, 0.15) is 0 Å². The van der Waals surface area contributed by atoms with E-state index in [2.05, 4.69) is 4.74 Å². The minimum absolute atomic E-state index is 0.0346. The van der Waals surface area contributed by atoms with Crippen molar-refractivity contribution in [1.29, 1.82) is 0 Å². The molecule has 0 saturated heterocycles. The average Bonchev–Trinajstić information content (AvgIpc) is 2.13. The molecule has 8 nitrogen and oxygen atoms in total. The molecule has 0 fully saturated rings. The summed E-state index contributed by atoms with van der Waals surface area (Å²) in [4.78, 5) is 21.2. The molecule has 1 amide bonds. The lowest BCUT2D eigenvalue weighted by Gasteiger charge is -2.09. The predicted molar refractivity (Wildman–Crippen MR) is 53.9 cm³/mol. The highest BCUT2D eigenvalue weighted by Gasteiger charge is 2.18. The molecule has 94 valence electrons. The van der Waals surface area contributed by atoms with E-state index < -0.39 is 28.2 Å². The molecule has 3 N–H and O–H groups in total. The molecular formula is C7H14N2O6S. The maximum atomic E-state index is 11.1. The van der Waals surface area contributed by atoms with Crippen molar-refractivity contribution < 1.29 is 27.9 Å². The zero-order chi connectivity index (χ0) is 12.8. The number of nitrogens with one attached hydrogen (secondary N) is 2. The zero-order valence-corrected chi connectivity index (χ0v) is 9.70. The molecule has 0 heterocycles. The van der Waals surface area contributed by atoms with Gasteiger partial charge in [0, 0.05) is 6.54 Å². The lowest BCUT2D eigenvalue weighted by atomic mass is 10.2. The van der Waals surface area contributed by atoms with Gasteiger partial charge in [0.25, 0.3) is 0 Å². The first-order valence-corrected chi connectivity index (χ1v) is 5.93. The Morgan fingerprint density at radius 1 is 1.44 bits per heavy atom. The van der Waals surface area contributed by atoms with Crippen LogP contribution in [0.5, 0.6) is 0 Å². The molecular weight excluding hydrogens is 240 g/mol. The van der Waals surface area contributed by atoms with Crippen LogP contribution in [0.15, 0.2) is 0 Å². The van der Waals surface area contributed by atoms with Gasteiger partial charge >= 0.3 is 22.3 Å². The number of hydrogen-bond acceptors (Lipinski definition) is 5. The van der Waals surface area contributed by atoms with E-state index in [4.69, 9.17) is 5.11 Å². The highest BCUT2D eigenvalue weighted by Crippen LogP contribution is 1.92. The van der Waals surface area contributed by atoms with Crippen LogP contribution in [-0.4, -0.2) is 38.7 Å². The van der Waals surface area contributed by atoms with Crippen molar-refractivity contribution in [3.63, 3.8) is 0 Å². The molecule has 0 aromatic heterocycles. The van der Waals surface area contributed by atoms with Crippen LogP contribution in [0, 0.1) is 5.92 Å². The van der Waals surface area contributed by atoms with E-state index in [0.717, 1.165) is 0 Å². The fourth-order valence-corrected chi connectivity index (χ4v) is 1.45. The Kier molecular flexibility index (Phi) is 5.75. The molecule has 9 heteroatoms. The second kappa shape index (κ2) is 6.28. The Labute approximate surface area is 93.2 Å². The van der Waals surface area contributed by atoms with Gasteiger partial charge in [0.05, 0.1) is 12.5 Å². The summed E-state index contributed by atoms with van der Waals surface area (Å²) in [6.07, 6.45) is -1.11. The smallest absolute Gasteiger partial charge is 0.421 e. The van der Waals surface area contributed by atoms with Gasteiger partial charge in [-0.25, -0.2) is 9.52 Å². The predicted octanol–water partition coefficient (Wildman–Crippen LogP) is -0.712. The fourth-order valence-electron chi connectivity index (χ4n) is 0.628. The highest BCUT2D eigenvalue weighted by molar-refractivity contribution is 7.88. The van der Waals surface area contributed by atoms with Gasteiger partial charge in [-0.15, -0.1) is 0 Å². The molecule has 16 heavy (non-hydrogen) atoms. The number of ether oxygens (including phenoxy) is 1. The molecule has 0 bridgehead atoms. The van der Waals surface area contributed by atoms with Crippen LogP contribution in [0.4, 0.5) is 4.79 Å². The molecule has 0 aromatic rings. The highest BCUT2D eigenvalue weighted by atomic mass is 32.2. The van der Waals surface area contributed by atoms with Gasteiger partial charge in [-0.1, -0.05) is 6.92 Å². The third-order valence-corrected chi connectivity index (χ3v) is 2.48. The summed E-state index contributed by atoms with van der Waals surface area (Å²) in [5.41, 5.74) is 0. The van der Waals surface area contributed by atoms with E-state index in [1.807, 2.05) is 4.72 Å². The lowest BCUT2D eigenvalue weighted by molar-refractivity contribution is -0.140. The number of rotatable bonds is 6. The number of carbonyl (C=O) groups is 2. The summed E-state index contributed by atoms with van der Waals surface area (Å²) in [5.74, 6) is -2.03. The number of hydrogen-bond donors (Lipinski definition) is 3. The maximum absolute atomic E-state index is 11.1. The number of amides is 1. The first-order valence-electron chi connectivity index (χ1n) is 4.45. The summed E-state index contributed by atoms with van der Waals surface area (Å²) >= 11 is 0. The van der Waals surface area contributed by atoms with Crippen molar-refractivity contribution in [3.05, 3.63) is 0 Å². The normalized spacial score (nSPS) is 12.9. The zero-order valence-electron chi connectivity index (χ0n) is 8.89. The molecule has 0 radical (unpaired) electrons. The number of carboxylic acids is 1. The van der Waals surface area contributed by atoms with Crippen molar-refractivity contribution in [2.24, 2.45) is 5.92 Å². The maximum Gasteiger partial charge on any atom is 0.421 e. The molecule has 0 aliphatic heterocycles. The third-order valence-electron chi connectivity index (χ3n) is 1.49. The summed E-state index contributed by atoms with van der Waals surface area (Å²) in [6, 6.07) is 0. The van der Waals surface area contributed by atoms with Crippen LogP contribution in [0.1, 0.15) is 13.8 Å². The van der Waals surface area contributed by atoms with E-state index >= 15 is 0 Å². The topological polar surface area (TPSA) is 122 Å². The molecule has 0 aliphatic rings.